The first-order valence-electron chi connectivity index (χ1n) is 12.4. The van der Waals surface area contributed by atoms with Crippen molar-refractivity contribution in [1.82, 2.24) is 4.98 Å². The molecule has 7 nitrogen and oxygen atoms in total. The van der Waals surface area contributed by atoms with E-state index in [0.717, 1.165) is 28.0 Å². The van der Waals surface area contributed by atoms with Crippen LogP contribution in [0.3, 0.4) is 0 Å². The summed E-state index contributed by atoms with van der Waals surface area (Å²) >= 11 is 0. The molecule has 1 aromatic heterocycles. The van der Waals surface area contributed by atoms with Crippen LogP contribution in [0.2, 0.25) is 0 Å². The number of hydrogen-bond donors (Lipinski definition) is 2. The van der Waals surface area contributed by atoms with Gasteiger partial charge in [0.1, 0.15) is 29.2 Å². The van der Waals surface area contributed by atoms with Crippen molar-refractivity contribution in [3.05, 3.63) is 76.5 Å². The van der Waals surface area contributed by atoms with E-state index in [1.807, 2.05) is 63.2 Å². The van der Waals surface area contributed by atoms with Gasteiger partial charge in [0.05, 0.1) is 0 Å². The number of ether oxygens (including phenoxy) is 2. The monoisotopic (exact) mass is 483 g/mol. The predicted molar refractivity (Wildman–Crippen MR) is 136 cm³/mol. The molecule has 6 rings (SSSR count). The van der Waals surface area contributed by atoms with Crippen LogP contribution >= 0.6 is 0 Å². The van der Waals surface area contributed by atoms with Crippen LogP contribution in [0.25, 0.3) is 0 Å². The number of aryl methyl sites for hydroxylation is 1. The molecule has 3 heterocycles. The van der Waals surface area contributed by atoms with Crippen LogP contribution in [-0.2, 0) is 16.8 Å². The molecule has 1 aliphatic carbocycles. The Labute approximate surface area is 210 Å². The quantitative estimate of drug-likeness (QED) is 0.478. The Morgan fingerprint density at radius 2 is 2.03 bits per heavy atom. The predicted octanol–water partition coefficient (Wildman–Crippen LogP) is 5.01. The third kappa shape index (κ3) is 4.03. The maximum absolute atomic E-state index is 13.2. The number of anilines is 1. The van der Waals surface area contributed by atoms with Gasteiger partial charge in [0, 0.05) is 53.1 Å². The molecule has 0 spiro atoms. The second-order valence-corrected chi connectivity index (χ2v) is 10.7. The van der Waals surface area contributed by atoms with E-state index >= 15 is 0 Å². The summed E-state index contributed by atoms with van der Waals surface area (Å²) in [6.07, 6.45) is 3.11. The number of nitrogens with two attached hydrogens (primary N) is 1. The Bertz CT molecular complexity index is 1410. The van der Waals surface area contributed by atoms with Gasteiger partial charge in [-0.25, -0.2) is 4.98 Å². The van der Waals surface area contributed by atoms with Gasteiger partial charge in [-0.05, 0) is 69.2 Å². The molecule has 0 bridgehead atoms. The van der Waals surface area contributed by atoms with Gasteiger partial charge in [0.25, 0.3) is 0 Å². The van der Waals surface area contributed by atoms with E-state index in [2.05, 4.69) is 10.3 Å². The molecule has 184 valence electrons. The molecule has 2 aromatic carbocycles. The van der Waals surface area contributed by atoms with Crippen LogP contribution in [0.5, 0.6) is 17.2 Å². The lowest BCUT2D eigenvalue weighted by Crippen LogP contribution is -2.29. The summed E-state index contributed by atoms with van der Waals surface area (Å²) < 4.78 is 12.4. The minimum Gasteiger partial charge on any atom is -0.489 e. The van der Waals surface area contributed by atoms with Crippen LogP contribution in [-0.4, -0.2) is 22.8 Å². The van der Waals surface area contributed by atoms with Crippen molar-refractivity contribution in [2.45, 2.75) is 57.6 Å². The summed E-state index contributed by atoms with van der Waals surface area (Å²) in [5, 5.41) is 2.80. The lowest BCUT2D eigenvalue weighted by Gasteiger charge is -2.20. The summed E-state index contributed by atoms with van der Waals surface area (Å²) in [5.41, 5.74) is 10.5. The molecule has 3 N–H and O–H groups in total. The highest BCUT2D eigenvalue weighted by Crippen LogP contribution is 2.60. The zero-order chi connectivity index (χ0) is 25.2. The molecule has 2 aliphatic heterocycles. The number of carbonyl (C=O) groups is 2. The fourth-order valence-electron chi connectivity index (χ4n) is 5.39. The average Bonchev–Trinajstić information content (AvgIpc) is 3.34. The second kappa shape index (κ2) is 8.17. The zero-order valence-corrected chi connectivity index (χ0v) is 20.6. The SMILES string of the molecule is Cc1cc(C(=O)C[C@@H]2[C@H]3Oc4ccc(Oc5ccnc6c5CCC(=O)N6)cc4[C@@H]23)cc(C(C)(C)N)c1. The standard InChI is InChI=1S/C29H29N3O4/c1-15-10-16(12-17(11-15)29(2,3)30)22(33)14-21-26-20-13-18(4-6-23(20)36-27(21)26)35-24-8-9-31-28-19(24)5-7-25(34)32-28/h4,6,8-13,21,26-27H,5,7,14,30H2,1-3H3,(H,31,32,34)/t21-,26-,27+/m0/s1. The summed E-state index contributed by atoms with van der Waals surface area (Å²) in [5.74, 6) is 3.24. The molecule has 36 heavy (non-hydrogen) atoms. The largest absolute Gasteiger partial charge is 0.489 e. The number of fused-ring (bicyclic) bond motifs is 4. The van der Waals surface area contributed by atoms with Gasteiger partial charge in [0.15, 0.2) is 5.78 Å². The summed E-state index contributed by atoms with van der Waals surface area (Å²) in [6, 6.07) is 13.6. The molecule has 3 atom stereocenters. The highest BCUT2D eigenvalue weighted by Gasteiger charge is 2.59. The molecular weight excluding hydrogens is 454 g/mol. The molecule has 3 aliphatic rings. The highest BCUT2D eigenvalue weighted by molar-refractivity contribution is 5.97. The van der Waals surface area contributed by atoms with Gasteiger partial charge in [0.2, 0.25) is 5.91 Å². The Morgan fingerprint density at radius 3 is 2.83 bits per heavy atom. The molecule has 1 fully saturated rings. The zero-order valence-electron chi connectivity index (χ0n) is 20.6. The van der Waals surface area contributed by atoms with E-state index in [-0.39, 0.29) is 29.6 Å². The number of pyridine rings is 1. The third-order valence-electron chi connectivity index (χ3n) is 7.36. The van der Waals surface area contributed by atoms with Crippen LogP contribution in [0, 0.1) is 12.8 Å². The first kappa shape index (κ1) is 22.7. The van der Waals surface area contributed by atoms with Crippen molar-refractivity contribution in [2.75, 3.05) is 5.32 Å². The van der Waals surface area contributed by atoms with E-state index in [4.69, 9.17) is 15.2 Å². The molecule has 1 amide bonds. The van der Waals surface area contributed by atoms with Crippen LogP contribution in [0.4, 0.5) is 5.82 Å². The maximum Gasteiger partial charge on any atom is 0.225 e. The van der Waals surface area contributed by atoms with Gasteiger partial charge < -0.3 is 20.5 Å². The van der Waals surface area contributed by atoms with E-state index in [0.29, 0.717) is 42.1 Å². The Hall–Kier alpha value is -3.71. The van der Waals surface area contributed by atoms with E-state index < -0.39 is 5.54 Å². The molecule has 0 unspecified atom stereocenters. The van der Waals surface area contributed by atoms with Crippen molar-refractivity contribution in [3.8, 4) is 17.2 Å². The van der Waals surface area contributed by atoms with Crippen LogP contribution < -0.4 is 20.5 Å². The number of hydrogen-bond acceptors (Lipinski definition) is 6. The number of nitrogens with one attached hydrogen (secondary N) is 1. The first-order chi connectivity index (χ1) is 17.2. The van der Waals surface area contributed by atoms with Crippen molar-refractivity contribution in [2.24, 2.45) is 11.7 Å². The summed E-state index contributed by atoms with van der Waals surface area (Å²) in [6.45, 7) is 5.89. The number of ketones is 1. The average molecular weight is 484 g/mol. The number of amides is 1. The number of nitrogens with zero attached hydrogens (tertiary/aromatic N) is 1. The van der Waals surface area contributed by atoms with E-state index in [1.54, 1.807) is 6.20 Å². The Kier molecular flexibility index (Phi) is 5.16. The Balaban J connectivity index is 1.18. The van der Waals surface area contributed by atoms with Gasteiger partial charge in [-0.1, -0.05) is 11.6 Å². The fraction of sp³-hybridized carbons (Fsp3) is 0.345. The lowest BCUT2D eigenvalue weighted by atomic mass is 9.90. The third-order valence-corrected chi connectivity index (χ3v) is 7.36. The molecule has 0 saturated heterocycles. The van der Waals surface area contributed by atoms with Crippen molar-refractivity contribution in [3.63, 3.8) is 0 Å². The first-order valence-corrected chi connectivity index (χ1v) is 12.4. The minimum atomic E-state index is -0.505. The topological polar surface area (TPSA) is 104 Å². The second-order valence-electron chi connectivity index (χ2n) is 10.7. The molecule has 7 heteroatoms. The summed E-state index contributed by atoms with van der Waals surface area (Å²) in [7, 11) is 0. The molecule has 3 aromatic rings. The number of aromatic nitrogens is 1. The highest BCUT2D eigenvalue weighted by atomic mass is 16.5. The molecule has 1 saturated carbocycles. The number of rotatable bonds is 6. The van der Waals surface area contributed by atoms with Crippen LogP contribution in [0.1, 0.15) is 65.2 Å². The van der Waals surface area contributed by atoms with E-state index in [9.17, 15) is 9.59 Å². The van der Waals surface area contributed by atoms with Crippen LogP contribution in [0.15, 0.2) is 48.7 Å². The normalized spacial score (nSPS) is 21.6. The number of benzene rings is 2. The maximum atomic E-state index is 13.2. The lowest BCUT2D eigenvalue weighted by molar-refractivity contribution is -0.116. The smallest absolute Gasteiger partial charge is 0.225 e. The van der Waals surface area contributed by atoms with Gasteiger partial charge in [-0.15, -0.1) is 0 Å². The number of carbonyl (C=O) groups excluding carboxylic acids is 2. The molecule has 0 radical (unpaired) electrons. The van der Waals surface area contributed by atoms with E-state index in [1.165, 1.54) is 0 Å². The molecular formula is C29H29N3O4. The van der Waals surface area contributed by atoms with Crippen molar-refractivity contribution in [1.29, 1.82) is 0 Å². The van der Waals surface area contributed by atoms with Gasteiger partial charge in [-0.3, -0.25) is 9.59 Å². The summed E-state index contributed by atoms with van der Waals surface area (Å²) in [4.78, 5) is 29.1. The number of Topliss-reactive ketones (excluding diaryl/α,β-unsaturated/α-hetero) is 1. The Morgan fingerprint density at radius 1 is 1.19 bits per heavy atom. The minimum absolute atomic E-state index is 0.0262. The fourth-order valence-corrected chi connectivity index (χ4v) is 5.39. The van der Waals surface area contributed by atoms with Gasteiger partial charge in [-0.2, -0.15) is 0 Å². The van der Waals surface area contributed by atoms with Crippen molar-refractivity contribution >= 4 is 17.5 Å². The van der Waals surface area contributed by atoms with Crippen molar-refractivity contribution < 1.29 is 19.1 Å². The van der Waals surface area contributed by atoms with Gasteiger partial charge >= 0.3 is 0 Å².